The van der Waals surface area contributed by atoms with Crippen molar-refractivity contribution in [2.45, 2.75) is 39.5 Å². The Hall–Kier alpha value is -1.51. The van der Waals surface area contributed by atoms with Gasteiger partial charge in [0, 0.05) is 12.1 Å². The summed E-state index contributed by atoms with van der Waals surface area (Å²) in [4.78, 5) is 11.8. The lowest BCUT2D eigenvalue weighted by Gasteiger charge is -2.06. The molecule has 0 spiro atoms. The van der Waals surface area contributed by atoms with Gasteiger partial charge in [0.05, 0.1) is 6.61 Å². The van der Waals surface area contributed by atoms with E-state index in [4.69, 9.17) is 4.74 Å². The van der Waals surface area contributed by atoms with Crippen molar-refractivity contribution in [2.75, 3.05) is 13.2 Å². The maximum atomic E-state index is 11.8. The maximum absolute atomic E-state index is 11.8. The molecule has 1 N–H and O–H groups in total. The van der Waals surface area contributed by atoms with Gasteiger partial charge in [-0.15, -0.1) is 0 Å². The molecule has 1 amide bonds. The van der Waals surface area contributed by atoms with Gasteiger partial charge in [-0.1, -0.05) is 26.2 Å². The predicted octanol–water partition coefficient (Wildman–Crippen LogP) is 3.40. The van der Waals surface area contributed by atoms with Gasteiger partial charge in [-0.05, 0) is 37.6 Å². The number of hydrogen-bond donors (Lipinski definition) is 1. The van der Waals surface area contributed by atoms with Crippen LogP contribution in [-0.4, -0.2) is 19.1 Å². The van der Waals surface area contributed by atoms with Gasteiger partial charge in [0.1, 0.15) is 5.75 Å². The van der Waals surface area contributed by atoms with Crippen LogP contribution in [0.15, 0.2) is 24.3 Å². The van der Waals surface area contributed by atoms with Crippen molar-refractivity contribution < 1.29 is 9.53 Å². The first-order valence-corrected chi connectivity index (χ1v) is 6.79. The summed E-state index contributed by atoms with van der Waals surface area (Å²) < 4.78 is 5.33. The number of carbonyl (C=O) groups excluding carboxylic acids is 1. The fourth-order valence-electron chi connectivity index (χ4n) is 1.72. The van der Waals surface area contributed by atoms with Crippen molar-refractivity contribution in [1.29, 1.82) is 0 Å². The Labute approximate surface area is 110 Å². The smallest absolute Gasteiger partial charge is 0.251 e. The molecule has 1 aromatic carbocycles. The summed E-state index contributed by atoms with van der Waals surface area (Å²) in [5.41, 5.74) is 0.689. The second kappa shape index (κ2) is 8.56. The lowest BCUT2D eigenvalue weighted by Crippen LogP contribution is -2.24. The molecule has 100 valence electrons. The summed E-state index contributed by atoms with van der Waals surface area (Å²) in [6, 6.07) is 7.25. The van der Waals surface area contributed by atoms with Crippen LogP contribution in [0.5, 0.6) is 5.75 Å². The molecule has 3 heteroatoms. The van der Waals surface area contributed by atoms with Gasteiger partial charge in [-0.3, -0.25) is 4.79 Å². The highest BCUT2D eigenvalue weighted by Gasteiger charge is 2.04. The molecular weight excluding hydrogens is 226 g/mol. The Morgan fingerprint density at radius 2 is 1.83 bits per heavy atom. The highest BCUT2D eigenvalue weighted by Crippen LogP contribution is 2.11. The molecule has 0 atom stereocenters. The van der Waals surface area contributed by atoms with E-state index in [1.807, 2.05) is 19.1 Å². The summed E-state index contributed by atoms with van der Waals surface area (Å²) >= 11 is 0. The van der Waals surface area contributed by atoms with Crippen LogP contribution in [0.1, 0.15) is 49.9 Å². The van der Waals surface area contributed by atoms with Crippen LogP contribution in [0, 0.1) is 0 Å². The molecule has 0 bridgehead atoms. The predicted molar refractivity (Wildman–Crippen MR) is 74.1 cm³/mol. The minimum atomic E-state index is -0.00505. The lowest BCUT2D eigenvalue weighted by molar-refractivity contribution is 0.0953. The molecule has 0 aliphatic carbocycles. The van der Waals surface area contributed by atoms with Crippen molar-refractivity contribution in [1.82, 2.24) is 5.32 Å². The van der Waals surface area contributed by atoms with Gasteiger partial charge in [0.15, 0.2) is 0 Å². The van der Waals surface area contributed by atoms with E-state index in [9.17, 15) is 4.79 Å². The minimum Gasteiger partial charge on any atom is -0.494 e. The summed E-state index contributed by atoms with van der Waals surface area (Å²) in [6.45, 7) is 5.52. The molecule has 1 rings (SSSR count). The van der Waals surface area contributed by atoms with Crippen molar-refractivity contribution >= 4 is 5.91 Å². The molecule has 3 nitrogen and oxygen atoms in total. The van der Waals surface area contributed by atoms with E-state index in [1.165, 1.54) is 19.3 Å². The quantitative estimate of drug-likeness (QED) is 0.717. The fraction of sp³-hybridized carbons (Fsp3) is 0.533. The highest BCUT2D eigenvalue weighted by atomic mass is 16.5. The van der Waals surface area contributed by atoms with Crippen LogP contribution >= 0.6 is 0 Å². The van der Waals surface area contributed by atoms with Gasteiger partial charge in [-0.2, -0.15) is 0 Å². The lowest BCUT2D eigenvalue weighted by atomic mass is 10.2. The molecule has 0 saturated carbocycles. The molecule has 1 aromatic rings. The standard InChI is InChI=1S/C15H23NO2/c1-3-5-6-7-12-16-15(17)13-8-10-14(11-9-13)18-4-2/h8-11H,3-7,12H2,1-2H3,(H,16,17). The van der Waals surface area contributed by atoms with E-state index in [1.54, 1.807) is 12.1 Å². The number of nitrogens with one attached hydrogen (secondary N) is 1. The SMILES string of the molecule is CCCCCCNC(=O)c1ccc(OCC)cc1. The number of benzene rings is 1. The van der Waals surface area contributed by atoms with Crippen molar-refractivity contribution in [2.24, 2.45) is 0 Å². The normalized spacial score (nSPS) is 10.1. The van der Waals surface area contributed by atoms with Crippen molar-refractivity contribution in [3.63, 3.8) is 0 Å². The Bertz CT molecular complexity index is 346. The van der Waals surface area contributed by atoms with Gasteiger partial charge in [-0.25, -0.2) is 0 Å². The number of rotatable bonds is 8. The summed E-state index contributed by atoms with van der Waals surface area (Å²) in [5, 5.41) is 2.93. The Morgan fingerprint density at radius 1 is 1.11 bits per heavy atom. The molecule has 0 heterocycles. The topological polar surface area (TPSA) is 38.3 Å². The molecular formula is C15H23NO2. The number of ether oxygens (including phenoxy) is 1. The number of amides is 1. The summed E-state index contributed by atoms with van der Waals surface area (Å²) in [6.07, 6.45) is 4.68. The van der Waals surface area contributed by atoms with Crippen molar-refractivity contribution in [3.05, 3.63) is 29.8 Å². The zero-order chi connectivity index (χ0) is 13.2. The van der Waals surface area contributed by atoms with Crippen LogP contribution in [-0.2, 0) is 0 Å². The average molecular weight is 249 g/mol. The van der Waals surface area contributed by atoms with Gasteiger partial charge in [0.2, 0.25) is 0 Å². The third-order valence-corrected chi connectivity index (χ3v) is 2.74. The Kier molecular flexibility index (Phi) is 6.92. The fourth-order valence-corrected chi connectivity index (χ4v) is 1.72. The zero-order valence-corrected chi connectivity index (χ0v) is 11.4. The van der Waals surface area contributed by atoms with E-state index < -0.39 is 0 Å². The third-order valence-electron chi connectivity index (χ3n) is 2.74. The maximum Gasteiger partial charge on any atom is 0.251 e. The van der Waals surface area contributed by atoms with Gasteiger partial charge < -0.3 is 10.1 Å². The average Bonchev–Trinajstić information content (AvgIpc) is 2.39. The van der Waals surface area contributed by atoms with Crippen LogP contribution in [0.3, 0.4) is 0 Å². The van der Waals surface area contributed by atoms with Crippen molar-refractivity contribution in [3.8, 4) is 5.75 Å². The van der Waals surface area contributed by atoms with Crippen LogP contribution in [0.25, 0.3) is 0 Å². The largest absolute Gasteiger partial charge is 0.494 e. The second-order valence-corrected chi connectivity index (χ2v) is 4.27. The van der Waals surface area contributed by atoms with Gasteiger partial charge in [0.25, 0.3) is 5.91 Å². The number of unbranched alkanes of at least 4 members (excludes halogenated alkanes) is 3. The molecule has 0 aliphatic heterocycles. The Morgan fingerprint density at radius 3 is 2.44 bits per heavy atom. The first-order valence-electron chi connectivity index (χ1n) is 6.79. The van der Waals surface area contributed by atoms with E-state index in [-0.39, 0.29) is 5.91 Å². The van der Waals surface area contributed by atoms with E-state index in [2.05, 4.69) is 12.2 Å². The summed E-state index contributed by atoms with van der Waals surface area (Å²) in [7, 11) is 0. The second-order valence-electron chi connectivity index (χ2n) is 4.27. The van der Waals surface area contributed by atoms with Crippen LogP contribution in [0.4, 0.5) is 0 Å². The van der Waals surface area contributed by atoms with E-state index in [0.717, 1.165) is 18.7 Å². The van der Waals surface area contributed by atoms with E-state index >= 15 is 0 Å². The first kappa shape index (κ1) is 14.6. The van der Waals surface area contributed by atoms with E-state index in [0.29, 0.717) is 12.2 Å². The molecule has 0 aromatic heterocycles. The molecule has 0 saturated heterocycles. The monoisotopic (exact) mass is 249 g/mol. The van der Waals surface area contributed by atoms with Crippen LogP contribution < -0.4 is 10.1 Å². The molecule has 0 fully saturated rings. The minimum absolute atomic E-state index is 0.00505. The molecule has 0 aliphatic rings. The number of carbonyl (C=O) groups is 1. The molecule has 0 unspecified atom stereocenters. The third kappa shape index (κ3) is 5.21. The van der Waals surface area contributed by atoms with Gasteiger partial charge >= 0.3 is 0 Å². The summed E-state index contributed by atoms with van der Waals surface area (Å²) in [5.74, 6) is 0.798. The zero-order valence-electron chi connectivity index (χ0n) is 11.4. The Balaban J connectivity index is 2.32. The molecule has 18 heavy (non-hydrogen) atoms. The molecule has 0 radical (unpaired) electrons. The number of hydrogen-bond acceptors (Lipinski definition) is 2. The van der Waals surface area contributed by atoms with Crippen LogP contribution in [0.2, 0.25) is 0 Å². The highest BCUT2D eigenvalue weighted by molar-refractivity contribution is 5.94. The first-order chi connectivity index (χ1) is 8.77.